The lowest BCUT2D eigenvalue weighted by atomic mass is 10.2. The predicted octanol–water partition coefficient (Wildman–Crippen LogP) is 0.638. The predicted molar refractivity (Wildman–Crippen MR) is 74.4 cm³/mol. The Kier molecular flexibility index (Phi) is 3.19. The molecule has 0 saturated heterocycles. The molecule has 0 saturated carbocycles. The molecule has 0 bridgehead atoms. The van der Waals surface area contributed by atoms with E-state index in [1.54, 1.807) is 18.5 Å². The fourth-order valence-corrected chi connectivity index (χ4v) is 1.95. The third-order valence-corrected chi connectivity index (χ3v) is 3.01. The summed E-state index contributed by atoms with van der Waals surface area (Å²) in [6, 6.07) is 3.42. The number of hydrogen-bond acceptors (Lipinski definition) is 7. The number of esters is 1. The van der Waals surface area contributed by atoms with Crippen molar-refractivity contribution >= 4 is 23.0 Å². The van der Waals surface area contributed by atoms with Gasteiger partial charge in [-0.25, -0.2) is 19.7 Å². The Morgan fingerprint density at radius 3 is 2.86 bits per heavy atom. The zero-order valence-electron chi connectivity index (χ0n) is 11.2. The molecule has 0 spiro atoms. The van der Waals surface area contributed by atoms with E-state index in [1.807, 2.05) is 4.57 Å². The highest BCUT2D eigenvalue weighted by Crippen LogP contribution is 2.15. The monoisotopic (exact) mass is 284 g/mol. The first kappa shape index (κ1) is 13.0. The molecule has 3 rings (SSSR count). The minimum absolute atomic E-state index is 0.341. The first-order valence-electron chi connectivity index (χ1n) is 6.13. The molecule has 0 fully saturated rings. The van der Waals surface area contributed by atoms with Gasteiger partial charge in [0.25, 0.3) is 0 Å². The van der Waals surface area contributed by atoms with Gasteiger partial charge in [-0.05, 0) is 12.1 Å². The van der Waals surface area contributed by atoms with Crippen molar-refractivity contribution in [3.8, 4) is 0 Å². The highest BCUT2D eigenvalue weighted by Gasteiger charge is 2.09. The lowest BCUT2D eigenvalue weighted by Crippen LogP contribution is -2.05. The number of pyridine rings is 1. The van der Waals surface area contributed by atoms with Gasteiger partial charge in [0, 0.05) is 6.20 Å². The highest BCUT2D eigenvalue weighted by molar-refractivity contribution is 5.88. The maximum Gasteiger partial charge on any atom is 0.339 e. The molecule has 0 unspecified atom stereocenters. The third-order valence-electron chi connectivity index (χ3n) is 3.01. The fraction of sp³-hybridized carbons (Fsp3) is 0.154. The number of nitrogens with two attached hydrogens (primary N) is 1. The van der Waals surface area contributed by atoms with Crippen LogP contribution in [0.25, 0.3) is 11.2 Å². The van der Waals surface area contributed by atoms with Crippen molar-refractivity contribution in [2.24, 2.45) is 0 Å². The summed E-state index contributed by atoms with van der Waals surface area (Å²) in [4.78, 5) is 27.8. The number of methoxy groups -OCH3 is 1. The summed E-state index contributed by atoms with van der Waals surface area (Å²) in [6.07, 6.45) is 4.50. The van der Waals surface area contributed by atoms with Gasteiger partial charge in [0.1, 0.15) is 11.8 Å². The Hall–Kier alpha value is -3.03. The lowest BCUT2D eigenvalue weighted by molar-refractivity contribution is 0.0600. The lowest BCUT2D eigenvalue weighted by Gasteiger charge is -2.04. The summed E-state index contributed by atoms with van der Waals surface area (Å²) in [5.41, 5.74) is 8.11. The van der Waals surface area contributed by atoms with Crippen LogP contribution in [0.15, 0.2) is 31.0 Å². The van der Waals surface area contributed by atoms with Gasteiger partial charge in [-0.3, -0.25) is 4.98 Å². The van der Waals surface area contributed by atoms with Crippen molar-refractivity contribution in [2.75, 3.05) is 12.8 Å². The van der Waals surface area contributed by atoms with E-state index >= 15 is 0 Å². The maximum atomic E-state index is 11.3. The minimum atomic E-state index is -0.414. The molecule has 8 nitrogen and oxygen atoms in total. The molecule has 2 N–H and O–H groups in total. The molecule has 0 atom stereocenters. The zero-order valence-corrected chi connectivity index (χ0v) is 11.2. The Bertz CT molecular complexity index is 796. The number of carbonyl (C=O) groups is 1. The molecule has 106 valence electrons. The Morgan fingerprint density at radius 1 is 1.29 bits per heavy atom. The topological polar surface area (TPSA) is 109 Å². The summed E-state index contributed by atoms with van der Waals surface area (Å²) in [5, 5.41) is 0. The van der Waals surface area contributed by atoms with E-state index < -0.39 is 5.97 Å². The second-order valence-electron chi connectivity index (χ2n) is 4.33. The number of ether oxygens (including phenoxy) is 1. The summed E-state index contributed by atoms with van der Waals surface area (Å²) < 4.78 is 6.44. The van der Waals surface area contributed by atoms with E-state index in [9.17, 15) is 4.79 Å². The van der Waals surface area contributed by atoms with E-state index in [-0.39, 0.29) is 0 Å². The van der Waals surface area contributed by atoms with Gasteiger partial charge in [-0.15, -0.1) is 0 Å². The molecular weight excluding hydrogens is 272 g/mol. The van der Waals surface area contributed by atoms with Crippen LogP contribution < -0.4 is 5.73 Å². The number of aromatic nitrogens is 5. The molecule has 21 heavy (non-hydrogen) atoms. The number of fused-ring (bicyclic) bond motifs is 1. The summed E-state index contributed by atoms with van der Waals surface area (Å²) >= 11 is 0. The average Bonchev–Trinajstić information content (AvgIpc) is 2.92. The second-order valence-corrected chi connectivity index (χ2v) is 4.33. The summed E-state index contributed by atoms with van der Waals surface area (Å²) in [5.74, 6) is -0.0737. The molecule has 8 heteroatoms. The SMILES string of the molecule is COC(=O)c1ccc(Cn2cnc3c(N)ncnc32)nc1. The number of nitrogens with zero attached hydrogens (tertiary/aromatic N) is 5. The van der Waals surface area contributed by atoms with E-state index in [4.69, 9.17) is 5.73 Å². The Morgan fingerprint density at radius 2 is 2.14 bits per heavy atom. The van der Waals surface area contributed by atoms with Gasteiger partial charge in [0.05, 0.1) is 31.2 Å². The Balaban J connectivity index is 1.88. The van der Waals surface area contributed by atoms with Crippen LogP contribution in [0, 0.1) is 0 Å². The highest BCUT2D eigenvalue weighted by atomic mass is 16.5. The van der Waals surface area contributed by atoms with E-state index in [2.05, 4.69) is 24.7 Å². The van der Waals surface area contributed by atoms with Crippen molar-refractivity contribution in [3.05, 3.63) is 42.2 Å². The number of imidazole rings is 1. The molecule has 0 aliphatic carbocycles. The molecule has 3 heterocycles. The van der Waals surface area contributed by atoms with Crippen molar-refractivity contribution in [3.63, 3.8) is 0 Å². The largest absolute Gasteiger partial charge is 0.465 e. The van der Waals surface area contributed by atoms with Crippen LogP contribution in [-0.4, -0.2) is 37.6 Å². The molecule has 3 aromatic heterocycles. The average molecular weight is 284 g/mol. The van der Waals surface area contributed by atoms with E-state index in [0.29, 0.717) is 29.1 Å². The molecular formula is C13H12N6O2. The van der Waals surface area contributed by atoms with Gasteiger partial charge < -0.3 is 15.0 Å². The molecule has 3 aromatic rings. The van der Waals surface area contributed by atoms with Gasteiger partial charge in [-0.1, -0.05) is 0 Å². The van der Waals surface area contributed by atoms with Gasteiger partial charge in [0.2, 0.25) is 0 Å². The van der Waals surface area contributed by atoms with Crippen LogP contribution in [0.2, 0.25) is 0 Å². The molecule has 0 aromatic carbocycles. The molecule has 0 aliphatic heterocycles. The van der Waals surface area contributed by atoms with Crippen LogP contribution >= 0.6 is 0 Å². The van der Waals surface area contributed by atoms with Crippen molar-refractivity contribution in [1.82, 2.24) is 24.5 Å². The van der Waals surface area contributed by atoms with E-state index in [1.165, 1.54) is 19.6 Å². The zero-order chi connectivity index (χ0) is 14.8. The quantitative estimate of drug-likeness (QED) is 0.703. The standard InChI is InChI=1S/C13H12N6O2/c1-21-13(20)8-2-3-9(15-4-8)5-19-7-18-10-11(14)16-6-17-12(10)19/h2-4,6-7H,5H2,1H3,(H2,14,16,17). The van der Waals surface area contributed by atoms with Gasteiger partial charge in [-0.2, -0.15) is 0 Å². The number of carbonyl (C=O) groups excluding carboxylic acids is 1. The maximum absolute atomic E-state index is 11.3. The Labute approximate surface area is 119 Å². The van der Waals surface area contributed by atoms with Crippen LogP contribution in [0.5, 0.6) is 0 Å². The van der Waals surface area contributed by atoms with Crippen molar-refractivity contribution < 1.29 is 9.53 Å². The summed E-state index contributed by atoms with van der Waals surface area (Å²) in [7, 11) is 1.33. The summed E-state index contributed by atoms with van der Waals surface area (Å²) in [6.45, 7) is 0.467. The minimum Gasteiger partial charge on any atom is -0.465 e. The van der Waals surface area contributed by atoms with Gasteiger partial charge in [0.15, 0.2) is 11.5 Å². The van der Waals surface area contributed by atoms with Crippen LogP contribution in [0.4, 0.5) is 5.82 Å². The molecule has 0 aliphatic rings. The first-order valence-corrected chi connectivity index (χ1v) is 6.13. The smallest absolute Gasteiger partial charge is 0.339 e. The van der Waals surface area contributed by atoms with Crippen molar-refractivity contribution in [2.45, 2.75) is 6.54 Å². The van der Waals surface area contributed by atoms with Crippen molar-refractivity contribution in [1.29, 1.82) is 0 Å². The number of nitrogen functional groups attached to an aromatic ring is 1. The first-order chi connectivity index (χ1) is 10.2. The molecule has 0 radical (unpaired) electrons. The molecule has 0 amide bonds. The normalized spacial score (nSPS) is 10.7. The van der Waals surface area contributed by atoms with Gasteiger partial charge >= 0.3 is 5.97 Å². The van der Waals surface area contributed by atoms with Crippen LogP contribution in [0.3, 0.4) is 0 Å². The fourth-order valence-electron chi connectivity index (χ4n) is 1.95. The number of hydrogen-bond donors (Lipinski definition) is 1. The number of anilines is 1. The second kappa shape index (κ2) is 5.16. The van der Waals surface area contributed by atoms with Crippen LogP contribution in [0.1, 0.15) is 16.1 Å². The van der Waals surface area contributed by atoms with E-state index in [0.717, 1.165) is 5.69 Å². The number of rotatable bonds is 3. The third kappa shape index (κ3) is 2.38. The van der Waals surface area contributed by atoms with Crippen LogP contribution in [-0.2, 0) is 11.3 Å².